The molecule has 4 N–H and O–H groups in total. The van der Waals surface area contributed by atoms with Crippen LogP contribution in [0.25, 0.3) is 10.7 Å². The smallest absolute Gasteiger partial charge is 0.237 e. The first-order valence-electron chi connectivity index (χ1n) is 5.24. The van der Waals surface area contributed by atoms with Gasteiger partial charge in [-0.25, -0.2) is 0 Å². The number of amides is 2. The first kappa shape index (κ1) is 13.6. The Kier molecular flexibility index (Phi) is 4.17. The van der Waals surface area contributed by atoms with E-state index >= 15 is 0 Å². The number of nitrogens with zero attached hydrogens (tertiary/aromatic N) is 3. The molecule has 2 amide bonds. The topological polar surface area (TPSA) is 117 Å². The molecule has 100 valence electrons. The highest BCUT2D eigenvalue weighted by Crippen LogP contribution is 2.26. The number of hydrogen-bond donors (Lipinski definition) is 2. The van der Waals surface area contributed by atoms with Gasteiger partial charge in [-0.1, -0.05) is 17.8 Å². The molecule has 0 unspecified atom stereocenters. The lowest BCUT2D eigenvalue weighted by Crippen LogP contribution is -2.20. The first-order valence-corrected chi connectivity index (χ1v) is 7.11. The van der Waals surface area contributed by atoms with Crippen molar-refractivity contribution in [3.63, 3.8) is 0 Å². The molecule has 0 spiro atoms. The number of hydrogen-bond acceptors (Lipinski definition) is 6. The van der Waals surface area contributed by atoms with E-state index in [0.717, 1.165) is 16.6 Å². The molecule has 0 aromatic carbocycles. The Bertz CT molecular complexity index is 593. The van der Waals surface area contributed by atoms with Crippen LogP contribution in [0.15, 0.2) is 22.7 Å². The predicted molar refractivity (Wildman–Crippen MR) is 72.4 cm³/mol. The van der Waals surface area contributed by atoms with Crippen LogP contribution in [0.2, 0.25) is 0 Å². The monoisotopic (exact) mass is 297 g/mol. The summed E-state index contributed by atoms with van der Waals surface area (Å²) in [4.78, 5) is 22.8. The summed E-state index contributed by atoms with van der Waals surface area (Å²) in [7, 11) is 0. The normalized spacial score (nSPS) is 10.5. The van der Waals surface area contributed by atoms with Crippen LogP contribution in [0.4, 0.5) is 0 Å². The highest BCUT2D eigenvalue weighted by Gasteiger charge is 2.17. The maximum atomic E-state index is 11.1. The second-order valence-corrected chi connectivity index (χ2v) is 5.48. The van der Waals surface area contributed by atoms with Crippen molar-refractivity contribution in [1.82, 2.24) is 14.8 Å². The van der Waals surface area contributed by atoms with Gasteiger partial charge in [0.25, 0.3) is 0 Å². The molecule has 2 aromatic rings. The van der Waals surface area contributed by atoms with E-state index < -0.39 is 11.8 Å². The number of rotatable bonds is 6. The maximum Gasteiger partial charge on any atom is 0.237 e. The molecule has 2 rings (SSSR count). The van der Waals surface area contributed by atoms with E-state index in [1.54, 1.807) is 4.57 Å². The molecule has 0 aliphatic rings. The summed E-state index contributed by atoms with van der Waals surface area (Å²) in [5.74, 6) is -0.336. The molecule has 19 heavy (non-hydrogen) atoms. The molecule has 7 nitrogen and oxygen atoms in total. The summed E-state index contributed by atoms with van der Waals surface area (Å²) in [6.07, 6.45) is 0. The highest BCUT2D eigenvalue weighted by atomic mass is 32.2. The molecular weight excluding hydrogens is 286 g/mol. The van der Waals surface area contributed by atoms with E-state index in [1.807, 2.05) is 17.5 Å². The van der Waals surface area contributed by atoms with Crippen LogP contribution in [0.5, 0.6) is 0 Å². The third-order valence-corrected chi connectivity index (χ3v) is 3.97. The van der Waals surface area contributed by atoms with Gasteiger partial charge in [-0.3, -0.25) is 14.2 Å². The van der Waals surface area contributed by atoms with E-state index in [0.29, 0.717) is 11.0 Å². The third kappa shape index (κ3) is 3.32. The Hall–Kier alpha value is -1.87. The summed E-state index contributed by atoms with van der Waals surface area (Å²) in [5.41, 5.74) is 10.3. The quantitative estimate of drug-likeness (QED) is 0.732. The molecule has 0 fully saturated rings. The summed E-state index contributed by atoms with van der Waals surface area (Å²) >= 11 is 2.61. The number of carbonyl (C=O) groups is 2. The highest BCUT2D eigenvalue weighted by molar-refractivity contribution is 7.99. The Morgan fingerprint density at radius 2 is 2.11 bits per heavy atom. The van der Waals surface area contributed by atoms with Crippen molar-refractivity contribution in [2.45, 2.75) is 11.7 Å². The van der Waals surface area contributed by atoms with Crippen LogP contribution in [0.3, 0.4) is 0 Å². The molecule has 0 saturated carbocycles. The van der Waals surface area contributed by atoms with Crippen LogP contribution in [-0.2, 0) is 16.1 Å². The standard InChI is InChI=1S/C10H11N5O2S2/c11-7(16)4-15-9(6-2-1-3-18-6)13-14-10(15)19-5-8(12)17/h1-3H,4-5H2,(H2,11,16)(H2,12,17). The van der Waals surface area contributed by atoms with Gasteiger partial charge >= 0.3 is 0 Å². The minimum Gasteiger partial charge on any atom is -0.369 e. The van der Waals surface area contributed by atoms with E-state index in [9.17, 15) is 9.59 Å². The zero-order chi connectivity index (χ0) is 13.8. The van der Waals surface area contributed by atoms with E-state index in [-0.39, 0.29) is 12.3 Å². The fourth-order valence-electron chi connectivity index (χ4n) is 1.42. The van der Waals surface area contributed by atoms with Crippen molar-refractivity contribution in [1.29, 1.82) is 0 Å². The fourth-order valence-corrected chi connectivity index (χ4v) is 2.81. The second kappa shape index (κ2) is 5.85. The molecule has 2 aromatic heterocycles. The number of carbonyl (C=O) groups excluding carboxylic acids is 2. The molecule has 0 radical (unpaired) electrons. The van der Waals surface area contributed by atoms with Crippen LogP contribution in [0.1, 0.15) is 0 Å². The summed E-state index contributed by atoms with van der Waals surface area (Å²) < 4.78 is 1.59. The van der Waals surface area contributed by atoms with Gasteiger partial charge in [0.1, 0.15) is 6.54 Å². The van der Waals surface area contributed by atoms with Crippen molar-refractivity contribution < 1.29 is 9.59 Å². The number of nitrogens with two attached hydrogens (primary N) is 2. The number of thioether (sulfide) groups is 1. The van der Waals surface area contributed by atoms with Crippen LogP contribution in [0, 0.1) is 0 Å². The molecule has 0 atom stereocenters. The largest absolute Gasteiger partial charge is 0.369 e. The van der Waals surface area contributed by atoms with Crippen molar-refractivity contribution in [2.24, 2.45) is 11.5 Å². The zero-order valence-electron chi connectivity index (χ0n) is 9.78. The molecule has 0 aliphatic carbocycles. The number of thiophene rings is 1. The van der Waals surface area contributed by atoms with Crippen molar-refractivity contribution in [3.8, 4) is 10.7 Å². The molecular formula is C10H11N5O2S2. The molecule has 0 aliphatic heterocycles. The second-order valence-electron chi connectivity index (χ2n) is 3.59. The summed E-state index contributed by atoms with van der Waals surface area (Å²) in [5, 5.41) is 10.3. The van der Waals surface area contributed by atoms with Gasteiger partial charge in [-0.15, -0.1) is 21.5 Å². The third-order valence-electron chi connectivity index (χ3n) is 2.12. The Morgan fingerprint density at radius 3 is 2.68 bits per heavy atom. The first-order chi connectivity index (χ1) is 9.08. The van der Waals surface area contributed by atoms with Crippen molar-refractivity contribution >= 4 is 34.9 Å². The average molecular weight is 297 g/mol. The number of primary amides is 2. The van der Waals surface area contributed by atoms with Gasteiger partial charge in [0, 0.05) is 0 Å². The molecule has 0 saturated heterocycles. The minimum atomic E-state index is -0.501. The Morgan fingerprint density at radius 1 is 1.32 bits per heavy atom. The fraction of sp³-hybridized carbons (Fsp3) is 0.200. The van der Waals surface area contributed by atoms with Gasteiger partial charge in [0.2, 0.25) is 11.8 Å². The van der Waals surface area contributed by atoms with Gasteiger partial charge in [-0.2, -0.15) is 0 Å². The molecule has 9 heteroatoms. The van der Waals surface area contributed by atoms with Gasteiger partial charge in [0.15, 0.2) is 11.0 Å². The van der Waals surface area contributed by atoms with Crippen LogP contribution >= 0.6 is 23.1 Å². The molecule has 2 heterocycles. The van der Waals surface area contributed by atoms with Gasteiger partial charge < -0.3 is 11.5 Å². The maximum absolute atomic E-state index is 11.1. The van der Waals surface area contributed by atoms with Crippen molar-refractivity contribution in [2.75, 3.05) is 5.75 Å². The Labute approximate surface area is 117 Å². The van der Waals surface area contributed by atoms with Crippen LogP contribution in [-0.4, -0.2) is 32.3 Å². The Balaban J connectivity index is 2.33. The number of aromatic nitrogens is 3. The lowest BCUT2D eigenvalue weighted by Gasteiger charge is -2.05. The lowest BCUT2D eigenvalue weighted by molar-refractivity contribution is -0.118. The minimum absolute atomic E-state index is 0.0403. The lowest BCUT2D eigenvalue weighted by atomic mass is 10.4. The van der Waals surface area contributed by atoms with Gasteiger partial charge in [-0.05, 0) is 11.4 Å². The van der Waals surface area contributed by atoms with Crippen LogP contribution < -0.4 is 11.5 Å². The predicted octanol–water partition coefficient (Wildman–Crippen LogP) is 0.0693. The van der Waals surface area contributed by atoms with E-state index in [4.69, 9.17) is 11.5 Å². The average Bonchev–Trinajstić information content (AvgIpc) is 2.94. The van der Waals surface area contributed by atoms with Gasteiger partial charge in [0.05, 0.1) is 10.6 Å². The van der Waals surface area contributed by atoms with Crippen molar-refractivity contribution in [3.05, 3.63) is 17.5 Å². The summed E-state index contributed by atoms with van der Waals surface area (Å²) in [6.45, 7) is -0.0403. The zero-order valence-corrected chi connectivity index (χ0v) is 11.4. The van der Waals surface area contributed by atoms with E-state index in [1.165, 1.54) is 11.3 Å². The SMILES string of the molecule is NC(=O)CSc1nnc(-c2cccs2)n1CC(N)=O. The molecule has 0 bridgehead atoms. The summed E-state index contributed by atoms with van der Waals surface area (Å²) in [6, 6.07) is 3.74. The van der Waals surface area contributed by atoms with E-state index in [2.05, 4.69) is 10.2 Å².